The van der Waals surface area contributed by atoms with Crippen molar-refractivity contribution in [2.24, 2.45) is 0 Å². The third kappa shape index (κ3) is 2.34. The minimum absolute atomic E-state index is 0.0290. The number of carbonyl (C=O) groups excluding carboxylic acids is 2. The minimum atomic E-state index is -0.205. The second kappa shape index (κ2) is 4.87. The Hall–Kier alpha value is -1.51. The largest absolute Gasteiger partial charge is 0.299 e. The Morgan fingerprint density at radius 3 is 1.89 bits per heavy atom. The van der Waals surface area contributed by atoms with Gasteiger partial charge in [-0.15, -0.1) is 0 Å². The molecule has 0 unspecified atom stereocenters. The van der Waals surface area contributed by atoms with Crippen molar-refractivity contribution < 1.29 is 14.0 Å². The predicted octanol–water partition coefficient (Wildman–Crippen LogP) is 3.47. The predicted molar refractivity (Wildman–Crippen MR) is 72.0 cm³/mol. The highest BCUT2D eigenvalue weighted by atomic mass is 19.1. The molecule has 0 atom stereocenters. The fourth-order valence-corrected chi connectivity index (χ4v) is 3.13. The molecule has 0 bridgehead atoms. The third-order valence-corrected chi connectivity index (χ3v) is 4.34. The second-order valence-corrected chi connectivity index (χ2v) is 5.59. The average Bonchev–Trinajstić information content (AvgIpc) is 2.33. The second-order valence-electron chi connectivity index (χ2n) is 5.59. The number of hydrogen-bond donors (Lipinski definition) is 0. The summed E-state index contributed by atoms with van der Waals surface area (Å²) in [6, 6.07) is 0. The molecule has 2 nitrogen and oxygen atoms in total. The lowest BCUT2D eigenvalue weighted by molar-refractivity contribution is -0.130. The van der Waals surface area contributed by atoms with Crippen molar-refractivity contribution in [3.05, 3.63) is 33.6 Å². The smallest absolute Gasteiger partial charge is 0.140 e. The van der Waals surface area contributed by atoms with Crippen molar-refractivity contribution >= 4 is 11.6 Å². The van der Waals surface area contributed by atoms with Crippen LogP contribution in [0, 0.1) is 33.5 Å². The molecule has 0 saturated heterocycles. The van der Waals surface area contributed by atoms with Gasteiger partial charge in [0, 0.05) is 12.8 Å². The van der Waals surface area contributed by atoms with E-state index in [1.54, 1.807) is 13.8 Å². The summed E-state index contributed by atoms with van der Waals surface area (Å²) < 4.78 is 14.2. The topological polar surface area (TPSA) is 34.1 Å². The van der Waals surface area contributed by atoms with Crippen molar-refractivity contribution in [2.75, 3.05) is 0 Å². The highest BCUT2D eigenvalue weighted by molar-refractivity contribution is 6.02. The summed E-state index contributed by atoms with van der Waals surface area (Å²) in [5.74, 6) is -0.413. The number of carbonyl (C=O) groups is 2. The van der Waals surface area contributed by atoms with Crippen LogP contribution in [0.1, 0.15) is 53.0 Å². The van der Waals surface area contributed by atoms with E-state index in [2.05, 4.69) is 0 Å². The Morgan fingerprint density at radius 1 is 0.842 bits per heavy atom. The number of halogens is 1. The monoisotopic (exact) mass is 262 g/mol. The molecule has 1 aliphatic rings. The summed E-state index contributed by atoms with van der Waals surface area (Å²) >= 11 is 0. The van der Waals surface area contributed by atoms with E-state index in [1.807, 2.05) is 13.8 Å². The van der Waals surface area contributed by atoms with Gasteiger partial charge >= 0.3 is 0 Å². The van der Waals surface area contributed by atoms with Crippen molar-refractivity contribution in [3.8, 4) is 0 Å². The zero-order valence-corrected chi connectivity index (χ0v) is 11.9. The normalized spacial score (nSPS) is 17.1. The molecule has 1 aliphatic carbocycles. The molecule has 19 heavy (non-hydrogen) atoms. The molecule has 0 N–H and O–H groups in total. The Kier molecular flexibility index (Phi) is 3.57. The van der Waals surface area contributed by atoms with E-state index >= 15 is 0 Å². The Labute approximate surface area is 113 Å². The summed E-state index contributed by atoms with van der Waals surface area (Å²) in [6.07, 6.45) is 0.757. The van der Waals surface area contributed by atoms with Gasteiger partial charge < -0.3 is 0 Å². The highest BCUT2D eigenvalue weighted by Crippen LogP contribution is 2.37. The number of benzene rings is 1. The Balaban J connectivity index is 2.56. The summed E-state index contributed by atoms with van der Waals surface area (Å²) in [5.41, 5.74) is 4.05. The first-order valence-corrected chi connectivity index (χ1v) is 6.62. The third-order valence-electron chi connectivity index (χ3n) is 4.34. The van der Waals surface area contributed by atoms with Crippen LogP contribution in [0.3, 0.4) is 0 Å². The van der Waals surface area contributed by atoms with E-state index in [0.29, 0.717) is 24.0 Å². The molecule has 3 heteroatoms. The molecule has 0 aliphatic heterocycles. The van der Waals surface area contributed by atoms with Gasteiger partial charge in [-0.1, -0.05) is 0 Å². The van der Waals surface area contributed by atoms with Gasteiger partial charge in [-0.25, -0.2) is 4.39 Å². The maximum Gasteiger partial charge on any atom is 0.140 e. The van der Waals surface area contributed by atoms with Crippen molar-refractivity contribution in [1.82, 2.24) is 0 Å². The van der Waals surface area contributed by atoms with Crippen LogP contribution in [0.15, 0.2) is 0 Å². The fourth-order valence-electron chi connectivity index (χ4n) is 3.13. The number of rotatable bonds is 1. The van der Waals surface area contributed by atoms with Crippen LogP contribution in [0.25, 0.3) is 0 Å². The van der Waals surface area contributed by atoms with Gasteiger partial charge in [-0.2, -0.15) is 0 Å². The van der Waals surface area contributed by atoms with Gasteiger partial charge in [-0.3, -0.25) is 9.59 Å². The molecule has 1 aromatic carbocycles. The average molecular weight is 262 g/mol. The lowest BCUT2D eigenvalue weighted by Gasteiger charge is -2.26. The summed E-state index contributed by atoms with van der Waals surface area (Å²) in [7, 11) is 0. The zero-order valence-electron chi connectivity index (χ0n) is 11.9. The quantitative estimate of drug-likeness (QED) is 0.726. The number of Topliss-reactive ketones (excluding diaryl/α,β-unsaturated/α-hetero) is 2. The molecule has 0 amide bonds. The molecule has 102 valence electrons. The molecule has 0 aromatic heterocycles. The van der Waals surface area contributed by atoms with Crippen LogP contribution in [0.5, 0.6) is 0 Å². The van der Waals surface area contributed by atoms with Crippen LogP contribution < -0.4 is 0 Å². The van der Waals surface area contributed by atoms with E-state index in [4.69, 9.17) is 0 Å². The minimum Gasteiger partial charge on any atom is -0.299 e. The first-order valence-electron chi connectivity index (χ1n) is 6.62. The summed E-state index contributed by atoms with van der Waals surface area (Å²) in [5, 5.41) is 0. The number of ketones is 2. The van der Waals surface area contributed by atoms with Crippen LogP contribution in [-0.2, 0) is 9.59 Å². The Morgan fingerprint density at radius 2 is 1.37 bits per heavy atom. The first kappa shape index (κ1) is 13.9. The van der Waals surface area contributed by atoms with E-state index < -0.39 is 0 Å². The maximum absolute atomic E-state index is 14.2. The lowest BCUT2D eigenvalue weighted by atomic mass is 9.77. The SMILES string of the molecule is Cc1c(C)c(F)c(C)c(C2CC(=O)CC(=O)C2)c1C. The molecule has 0 spiro atoms. The molecule has 2 rings (SSSR count). The Bertz CT molecular complexity index is 528. The summed E-state index contributed by atoms with van der Waals surface area (Å²) in [6.45, 7) is 7.36. The van der Waals surface area contributed by atoms with Gasteiger partial charge in [0.05, 0.1) is 6.42 Å². The standard InChI is InChI=1S/C16H19FO2/c1-8-9(2)15(11(4)16(17)10(8)3)12-5-13(18)7-14(19)6-12/h12H,5-7H2,1-4H3. The lowest BCUT2D eigenvalue weighted by Crippen LogP contribution is -2.23. The molecule has 1 fully saturated rings. The molecule has 1 aromatic rings. The van der Waals surface area contributed by atoms with Gasteiger partial charge in [-0.05, 0) is 61.4 Å². The molecule has 1 saturated carbocycles. The van der Waals surface area contributed by atoms with Gasteiger partial charge in [0.25, 0.3) is 0 Å². The van der Waals surface area contributed by atoms with E-state index in [-0.39, 0.29) is 29.7 Å². The number of hydrogen-bond acceptors (Lipinski definition) is 2. The first-order chi connectivity index (χ1) is 8.82. The molecular formula is C16H19FO2. The summed E-state index contributed by atoms with van der Waals surface area (Å²) in [4.78, 5) is 23.2. The molecular weight excluding hydrogens is 243 g/mol. The van der Waals surface area contributed by atoms with Crippen LogP contribution >= 0.6 is 0 Å². The van der Waals surface area contributed by atoms with E-state index in [9.17, 15) is 14.0 Å². The highest BCUT2D eigenvalue weighted by Gasteiger charge is 2.30. The van der Waals surface area contributed by atoms with Crippen LogP contribution in [-0.4, -0.2) is 11.6 Å². The zero-order chi connectivity index (χ0) is 14.3. The van der Waals surface area contributed by atoms with Gasteiger partial charge in [0.15, 0.2) is 0 Å². The molecule has 0 radical (unpaired) electrons. The fraction of sp³-hybridized carbons (Fsp3) is 0.500. The maximum atomic E-state index is 14.2. The van der Waals surface area contributed by atoms with Gasteiger partial charge in [0.2, 0.25) is 0 Å². The van der Waals surface area contributed by atoms with Crippen molar-refractivity contribution in [3.63, 3.8) is 0 Å². The van der Waals surface area contributed by atoms with E-state index in [0.717, 1.165) is 16.7 Å². The van der Waals surface area contributed by atoms with Crippen LogP contribution in [0.4, 0.5) is 4.39 Å². The van der Waals surface area contributed by atoms with Crippen molar-refractivity contribution in [1.29, 1.82) is 0 Å². The van der Waals surface area contributed by atoms with E-state index in [1.165, 1.54) is 0 Å². The van der Waals surface area contributed by atoms with Crippen LogP contribution in [0.2, 0.25) is 0 Å². The van der Waals surface area contributed by atoms with Crippen molar-refractivity contribution in [2.45, 2.75) is 52.9 Å². The molecule has 0 heterocycles. The van der Waals surface area contributed by atoms with Gasteiger partial charge in [0.1, 0.15) is 17.4 Å².